The zero-order valence-corrected chi connectivity index (χ0v) is 13.1. The molecule has 0 saturated carbocycles. The fourth-order valence-corrected chi connectivity index (χ4v) is 2.33. The first-order chi connectivity index (χ1) is 10.7. The Balaban J connectivity index is 1.71. The number of carbonyl (C=O) groups is 2. The van der Waals surface area contributed by atoms with E-state index in [1.165, 1.54) is 11.3 Å². The molecule has 2 aromatic heterocycles. The summed E-state index contributed by atoms with van der Waals surface area (Å²) < 4.78 is 5.10. The van der Waals surface area contributed by atoms with Crippen LogP contribution in [-0.2, 0) is 16.0 Å². The van der Waals surface area contributed by atoms with Crippen LogP contribution in [0.25, 0.3) is 10.7 Å². The van der Waals surface area contributed by atoms with E-state index in [2.05, 4.69) is 20.8 Å². The molecule has 22 heavy (non-hydrogen) atoms. The second kappa shape index (κ2) is 8.28. The van der Waals surface area contributed by atoms with Crippen LogP contribution in [0, 0.1) is 0 Å². The quantitative estimate of drug-likeness (QED) is 0.765. The summed E-state index contributed by atoms with van der Waals surface area (Å²) in [5.41, 5.74) is 0. The summed E-state index contributed by atoms with van der Waals surface area (Å²) in [7, 11) is 0. The molecule has 0 aliphatic heterocycles. The highest BCUT2D eigenvalue weighted by molar-refractivity contribution is 7.13. The third-order valence-electron chi connectivity index (χ3n) is 2.79. The minimum absolute atomic E-state index is 0.0108. The number of nitrogens with one attached hydrogen (secondary N) is 2. The van der Waals surface area contributed by atoms with Crippen molar-refractivity contribution in [3.63, 3.8) is 0 Å². The summed E-state index contributed by atoms with van der Waals surface area (Å²) in [4.78, 5) is 28.2. The smallest absolute Gasteiger partial charge is 0.239 e. The molecule has 0 unspecified atom stereocenters. The van der Waals surface area contributed by atoms with Crippen LogP contribution in [0.1, 0.15) is 25.7 Å². The molecule has 118 valence electrons. The van der Waals surface area contributed by atoms with Crippen molar-refractivity contribution in [2.24, 2.45) is 0 Å². The van der Waals surface area contributed by atoms with Gasteiger partial charge in [-0.05, 0) is 17.9 Å². The summed E-state index contributed by atoms with van der Waals surface area (Å²) in [5.74, 6) is 0.536. The highest BCUT2D eigenvalue weighted by atomic mass is 32.1. The van der Waals surface area contributed by atoms with Gasteiger partial charge in [-0.1, -0.05) is 18.1 Å². The van der Waals surface area contributed by atoms with E-state index < -0.39 is 0 Å². The number of nitrogens with zero attached hydrogens (tertiary/aromatic N) is 2. The number of hydrogen-bond donors (Lipinski definition) is 2. The number of hydrogen-bond acceptors (Lipinski definition) is 6. The molecule has 0 fully saturated rings. The molecule has 0 atom stereocenters. The number of aryl methyl sites for hydroxylation is 1. The lowest BCUT2D eigenvalue weighted by atomic mass is 10.3. The Morgan fingerprint density at radius 1 is 1.32 bits per heavy atom. The highest BCUT2D eigenvalue weighted by Crippen LogP contribution is 2.21. The Morgan fingerprint density at radius 2 is 2.18 bits per heavy atom. The summed E-state index contributed by atoms with van der Waals surface area (Å²) in [5, 5.41) is 11.1. The molecule has 0 aliphatic rings. The minimum Gasteiger partial charge on any atom is -0.355 e. The molecule has 2 heterocycles. The molecule has 2 N–H and O–H groups in total. The zero-order chi connectivity index (χ0) is 15.8. The summed E-state index contributed by atoms with van der Waals surface area (Å²) in [6, 6.07) is 3.81. The normalized spacial score (nSPS) is 10.4. The van der Waals surface area contributed by atoms with Crippen LogP contribution in [-0.4, -0.2) is 35.0 Å². The molecule has 0 saturated heterocycles. The topological polar surface area (TPSA) is 97.1 Å². The Morgan fingerprint density at radius 3 is 2.91 bits per heavy atom. The van der Waals surface area contributed by atoms with Crippen LogP contribution in [0.15, 0.2) is 22.0 Å². The first kappa shape index (κ1) is 16.2. The Hall–Kier alpha value is -2.22. The van der Waals surface area contributed by atoms with E-state index in [-0.39, 0.29) is 24.8 Å². The fraction of sp³-hybridized carbons (Fsp3) is 0.429. The van der Waals surface area contributed by atoms with E-state index in [1.54, 1.807) is 0 Å². The van der Waals surface area contributed by atoms with Gasteiger partial charge in [0.25, 0.3) is 0 Å². The van der Waals surface area contributed by atoms with Gasteiger partial charge in [0.2, 0.25) is 23.5 Å². The van der Waals surface area contributed by atoms with Crippen LogP contribution < -0.4 is 10.6 Å². The van der Waals surface area contributed by atoms with Gasteiger partial charge in [-0.2, -0.15) is 4.98 Å². The van der Waals surface area contributed by atoms with Gasteiger partial charge in [0, 0.05) is 19.4 Å². The Kier molecular flexibility index (Phi) is 6.08. The molecule has 0 aromatic carbocycles. The second-order valence-electron chi connectivity index (χ2n) is 4.62. The van der Waals surface area contributed by atoms with Gasteiger partial charge < -0.3 is 15.2 Å². The third kappa shape index (κ3) is 4.96. The molecule has 0 radical (unpaired) electrons. The lowest BCUT2D eigenvalue weighted by Crippen LogP contribution is -2.37. The molecular weight excluding hydrogens is 304 g/mol. The number of carbonyl (C=O) groups excluding carboxylic acids is 2. The van der Waals surface area contributed by atoms with Gasteiger partial charge in [0.15, 0.2) is 0 Å². The molecule has 0 aliphatic carbocycles. The SMILES string of the molecule is CCCNC(=O)CNC(=O)CCc1nc(-c2cccs2)no1. The van der Waals surface area contributed by atoms with Crippen molar-refractivity contribution in [1.29, 1.82) is 0 Å². The van der Waals surface area contributed by atoms with Crippen molar-refractivity contribution in [3.8, 4) is 10.7 Å². The number of thiophene rings is 1. The highest BCUT2D eigenvalue weighted by Gasteiger charge is 2.11. The Labute approximate surface area is 132 Å². The van der Waals surface area contributed by atoms with E-state index in [1.807, 2.05) is 24.4 Å². The van der Waals surface area contributed by atoms with Crippen LogP contribution in [0.5, 0.6) is 0 Å². The van der Waals surface area contributed by atoms with Gasteiger partial charge in [0.1, 0.15) is 0 Å². The van der Waals surface area contributed by atoms with E-state index >= 15 is 0 Å². The van der Waals surface area contributed by atoms with Gasteiger partial charge in [0.05, 0.1) is 11.4 Å². The van der Waals surface area contributed by atoms with E-state index in [4.69, 9.17) is 4.52 Å². The van der Waals surface area contributed by atoms with Gasteiger partial charge in [-0.3, -0.25) is 9.59 Å². The van der Waals surface area contributed by atoms with Crippen molar-refractivity contribution in [3.05, 3.63) is 23.4 Å². The molecular formula is C14H18N4O3S. The average molecular weight is 322 g/mol. The standard InChI is InChI=1S/C14H18N4O3S/c1-2-7-15-12(20)9-16-11(19)5-6-13-17-14(18-21-13)10-4-3-8-22-10/h3-4,8H,2,5-7,9H2,1H3,(H,15,20)(H,16,19). The van der Waals surface area contributed by atoms with Crippen LogP contribution in [0.3, 0.4) is 0 Å². The molecule has 2 amide bonds. The van der Waals surface area contributed by atoms with Crippen LogP contribution >= 0.6 is 11.3 Å². The third-order valence-corrected chi connectivity index (χ3v) is 3.66. The van der Waals surface area contributed by atoms with Crippen molar-refractivity contribution in [2.75, 3.05) is 13.1 Å². The van der Waals surface area contributed by atoms with Gasteiger partial charge in [-0.15, -0.1) is 11.3 Å². The first-order valence-electron chi connectivity index (χ1n) is 7.09. The summed E-state index contributed by atoms with van der Waals surface area (Å²) >= 11 is 1.52. The number of rotatable bonds is 8. The molecule has 7 nitrogen and oxygen atoms in total. The predicted octanol–water partition coefficient (Wildman–Crippen LogP) is 1.37. The largest absolute Gasteiger partial charge is 0.355 e. The predicted molar refractivity (Wildman–Crippen MR) is 82.2 cm³/mol. The van der Waals surface area contributed by atoms with Crippen molar-refractivity contribution in [2.45, 2.75) is 26.2 Å². The maximum Gasteiger partial charge on any atom is 0.239 e. The zero-order valence-electron chi connectivity index (χ0n) is 12.3. The van der Waals surface area contributed by atoms with Crippen LogP contribution in [0.4, 0.5) is 0 Å². The molecule has 8 heteroatoms. The number of amides is 2. The van der Waals surface area contributed by atoms with Crippen molar-refractivity contribution < 1.29 is 14.1 Å². The fourth-order valence-electron chi connectivity index (χ4n) is 1.68. The average Bonchev–Trinajstić information content (AvgIpc) is 3.19. The van der Waals surface area contributed by atoms with Crippen molar-refractivity contribution in [1.82, 2.24) is 20.8 Å². The maximum absolute atomic E-state index is 11.7. The summed E-state index contributed by atoms with van der Waals surface area (Å²) in [6.45, 7) is 2.57. The van der Waals surface area contributed by atoms with Crippen molar-refractivity contribution >= 4 is 23.2 Å². The minimum atomic E-state index is -0.220. The molecule has 2 aromatic rings. The molecule has 0 bridgehead atoms. The summed E-state index contributed by atoms with van der Waals surface area (Å²) in [6.07, 6.45) is 1.41. The van der Waals surface area contributed by atoms with Crippen LogP contribution in [0.2, 0.25) is 0 Å². The monoisotopic (exact) mass is 322 g/mol. The van der Waals surface area contributed by atoms with E-state index in [0.29, 0.717) is 24.7 Å². The van der Waals surface area contributed by atoms with E-state index in [9.17, 15) is 9.59 Å². The maximum atomic E-state index is 11.7. The second-order valence-corrected chi connectivity index (χ2v) is 5.56. The van der Waals surface area contributed by atoms with E-state index in [0.717, 1.165) is 11.3 Å². The lowest BCUT2D eigenvalue weighted by molar-refractivity contribution is -0.126. The molecule has 0 spiro atoms. The lowest BCUT2D eigenvalue weighted by Gasteiger charge is -2.04. The molecule has 2 rings (SSSR count). The number of aromatic nitrogens is 2. The Bertz CT molecular complexity index is 609. The van der Waals surface area contributed by atoms with Gasteiger partial charge >= 0.3 is 0 Å². The first-order valence-corrected chi connectivity index (χ1v) is 7.97. The van der Waals surface area contributed by atoms with Gasteiger partial charge in [-0.25, -0.2) is 0 Å².